The predicted molar refractivity (Wildman–Crippen MR) is 54.3 cm³/mol. The van der Waals surface area contributed by atoms with Gasteiger partial charge in [0.2, 0.25) is 0 Å². The van der Waals surface area contributed by atoms with Gasteiger partial charge in [0.05, 0.1) is 11.4 Å². The second-order valence-corrected chi connectivity index (χ2v) is 3.25. The van der Waals surface area contributed by atoms with Crippen LogP contribution in [-0.4, -0.2) is 15.0 Å². The monoisotopic (exact) mass is 186 g/mol. The maximum Gasteiger partial charge on any atom is 0.138 e. The fourth-order valence-corrected chi connectivity index (χ4v) is 1.35. The molecule has 0 atom stereocenters. The van der Waals surface area contributed by atoms with E-state index in [-0.39, 0.29) is 0 Å². The van der Waals surface area contributed by atoms with Crippen LogP contribution < -0.4 is 0 Å². The summed E-state index contributed by atoms with van der Waals surface area (Å²) in [5.74, 6) is 0. The zero-order valence-corrected chi connectivity index (χ0v) is 8.36. The van der Waals surface area contributed by atoms with Crippen molar-refractivity contribution in [1.82, 2.24) is 15.0 Å². The maximum atomic E-state index is 4.00. The molecular formula is C11H12N3. The van der Waals surface area contributed by atoms with Gasteiger partial charge in [-0.15, -0.1) is 5.10 Å². The highest BCUT2D eigenvalue weighted by atomic mass is 15.4. The molecule has 0 aliphatic rings. The normalized spacial score (nSPS) is 10.4. The molecule has 0 unspecified atom stereocenters. The van der Waals surface area contributed by atoms with Gasteiger partial charge in [-0.1, -0.05) is 29.8 Å². The number of rotatable bonds is 2. The summed E-state index contributed by atoms with van der Waals surface area (Å²) in [6.45, 7) is 4.14. The molecule has 0 aliphatic heterocycles. The smallest absolute Gasteiger partial charge is 0.138 e. The van der Waals surface area contributed by atoms with E-state index in [0.29, 0.717) is 0 Å². The summed E-state index contributed by atoms with van der Waals surface area (Å²) in [5.41, 5.74) is 3.30. The molecule has 0 amide bonds. The third-order valence-corrected chi connectivity index (χ3v) is 2.18. The molecule has 0 N–H and O–H groups in total. The van der Waals surface area contributed by atoms with E-state index >= 15 is 0 Å². The van der Waals surface area contributed by atoms with Crippen molar-refractivity contribution in [3.8, 4) is 5.69 Å². The van der Waals surface area contributed by atoms with E-state index in [4.69, 9.17) is 0 Å². The molecule has 0 aliphatic carbocycles. The van der Waals surface area contributed by atoms with Crippen LogP contribution in [0.3, 0.4) is 0 Å². The average molecular weight is 186 g/mol. The van der Waals surface area contributed by atoms with E-state index in [1.165, 1.54) is 5.56 Å². The quantitative estimate of drug-likeness (QED) is 0.717. The van der Waals surface area contributed by atoms with Gasteiger partial charge in [-0.25, -0.2) is 4.68 Å². The van der Waals surface area contributed by atoms with Crippen LogP contribution >= 0.6 is 0 Å². The van der Waals surface area contributed by atoms with Crippen LogP contribution in [0.5, 0.6) is 0 Å². The van der Waals surface area contributed by atoms with E-state index < -0.39 is 0 Å². The molecule has 14 heavy (non-hydrogen) atoms. The van der Waals surface area contributed by atoms with Crippen LogP contribution in [0.25, 0.3) is 5.69 Å². The number of hydrogen-bond acceptors (Lipinski definition) is 2. The molecule has 2 rings (SSSR count). The fraction of sp³-hybridized carbons (Fsp3) is 0.273. The number of aromatic nitrogens is 3. The Labute approximate surface area is 83.4 Å². The lowest BCUT2D eigenvalue weighted by atomic mass is 10.2. The largest absolute Gasteiger partial charge is 0.217 e. The Morgan fingerprint density at radius 3 is 2.64 bits per heavy atom. The van der Waals surface area contributed by atoms with Crippen LogP contribution in [-0.2, 0) is 6.42 Å². The molecule has 0 saturated heterocycles. The molecule has 3 nitrogen and oxygen atoms in total. The first-order valence-corrected chi connectivity index (χ1v) is 4.70. The van der Waals surface area contributed by atoms with Gasteiger partial charge in [0.1, 0.15) is 6.20 Å². The van der Waals surface area contributed by atoms with Gasteiger partial charge in [0.15, 0.2) is 0 Å². The highest BCUT2D eigenvalue weighted by Crippen LogP contribution is 2.10. The van der Waals surface area contributed by atoms with Crippen molar-refractivity contribution in [2.75, 3.05) is 0 Å². The van der Waals surface area contributed by atoms with Gasteiger partial charge < -0.3 is 0 Å². The Hall–Kier alpha value is -1.64. The number of nitrogens with zero attached hydrogens (tertiary/aromatic N) is 3. The lowest BCUT2D eigenvalue weighted by Gasteiger charge is -2.03. The first kappa shape index (κ1) is 8.94. The first-order valence-electron chi connectivity index (χ1n) is 4.70. The highest BCUT2D eigenvalue weighted by molar-refractivity contribution is 5.34. The van der Waals surface area contributed by atoms with E-state index in [1.54, 1.807) is 0 Å². The lowest BCUT2D eigenvalue weighted by Crippen LogP contribution is -2.01. The zero-order chi connectivity index (χ0) is 9.97. The molecule has 3 heteroatoms. The van der Waals surface area contributed by atoms with Crippen LogP contribution in [0.15, 0.2) is 24.3 Å². The predicted octanol–water partition coefficient (Wildman–Crippen LogP) is 1.94. The summed E-state index contributed by atoms with van der Waals surface area (Å²) in [4.78, 5) is 0. The molecule has 0 spiro atoms. The average Bonchev–Trinajstić information content (AvgIpc) is 2.67. The van der Waals surface area contributed by atoms with Crippen LogP contribution in [0.1, 0.15) is 18.2 Å². The Morgan fingerprint density at radius 2 is 2.00 bits per heavy atom. The number of benzene rings is 1. The third-order valence-electron chi connectivity index (χ3n) is 2.18. The molecule has 1 aromatic carbocycles. The van der Waals surface area contributed by atoms with Gasteiger partial charge in [-0.05, 0) is 25.5 Å². The van der Waals surface area contributed by atoms with Gasteiger partial charge in [0.25, 0.3) is 0 Å². The minimum Gasteiger partial charge on any atom is -0.217 e. The number of aryl methyl sites for hydroxylation is 2. The zero-order valence-electron chi connectivity index (χ0n) is 8.36. The van der Waals surface area contributed by atoms with E-state index in [1.807, 2.05) is 16.8 Å². The molecular weight excluding hydrogens is 174 g/mol. The SMILES string of the molecule is CCc1[c]nnn1-c1ccc(C)cc1. The van der Waals surface area contributed by atoms with Crippen molar-refractivity contribution >= 4 is 0 Å². The van der Waals surface area contributed by atoms with Crippen molar-refractivity contribution in [2.24, 2.45) is 0 Å². The van der Waals surface area contributed by atoms with Crippen molar-refractivity contribution in [2.45, 2.75) is 20.3 Å². The van der Waals surface area contributed by atoms with Gasteiger partial charge >= 0.3 is 0 Å². The first-order chi connectivity index (χ1) is 6.81. The molecule has 71 valence electrons. The van der Waals surface area contributed by atoms with Crippen LogP contribution in [0.2, 0.25) is 0 Å². The molecule has 1 aromatic heterocycles. The van der Waals surface area contributed by atoms with E-state index in [9.17, 15) is 0 Å². The van der Waals surface area contributed by atoms with Gasteiger partial charge in [-0.3, -0.25) is 0 Å². The van der Waals surface area contributed by atoms with Crippen molar-refractivity contribution < 1.29 is 0 Å². The van der Waals surface area contributed by atoms with Crippen molar-refractivity contribution in [3.05, 3.63) is 41.7 Å². The Balaban J connectivity index is 2.44. The standard InChI is InChI=1S/C11H12N3/c1-3-10-8-12-13-14(10)11-6-4-9(2)5-7-11/h4-7H,3H2,1-2H3. The maximum absolute atomic E-state index is 4.00. The van der Waals surface area contributed by atoms with Gasteiger partial charge in [-0.2, -0.15) is 0 Å². The highest BCUT2D eigenvalue weighted by Gasteiger charge is 2.03. The van der Waals surface area contributed by atoms with Crippen LogP contribution in [0, 0.1) is 13.1 Å². The minimum absolute atomic E-state index is 0.890. The second-order valence-electron chi connectivity index (χ2n) is 3.25. The summed E-state index contributed by atoms with van der Waals surface area (Å²) in [6, 6.07) is 8.21. The number of hydrogen-bond donors (Lipinski definition) is 0. The minimum atomic E-state index is 0.890. The lowest BCUT2D eigenvalue weighted by molar-refractivity contribution is 0.767. The van der Waals surface area contributed by atoms with Crippen molar-refractivity contribution in [1.29, 1.82) is 0 Å². The summed E-state index contributed by atoms with van der Waals surface area (Å²) < 4.78 is 1.82. The second kappa shape index (κ2) is 3.62. The topological polar surface area (TPSA) is 30.7 Å². The summed E-state index contributed by atoms with van der Waals surface area (Å²) in [7, 11) is 0. The Bertz CT molecular complexity index is 414. The fourth-order valence-electron chi connectivity index (χ4n) is 1.35. The third kappa shape index (κ3) is 1.53. The molecule has 0 saturated carbocycles. The summed E-state index contributed by atoms with van der Waals surface area (Å²) >= 11 is 0. The van der Waals surface area contributed by atoms with Gasteiger partial charge in [0, 0.05) is 0 Å². The summed E-state index contributed by atoms with van der Waals surface area (Å²) in [6.07, 6.45) is 3.76. The Kier molecular flexibility index (Phi) is 2.31. The van der Waals surface area contributed by atoms with Crippen molar-refractivity contribution in [3.63, 3.8) is 0 Å². The molecule has 0 bridgehead atoms. The molecule has 1 heterocycles. The van der Waals surface area contributed by atoms with E-state index in [0.717, 1.165) is 17.8 Å². The van der Waals surface area contributed by atoms with Crippen LogP contribution in [0.4, 0.5) is 0 Å². The molecule has 1 radical (unpaired) electrons. The molecule has 0 fully saturated rings. The summed E-state index contributed by atoms with van der Waals surface area (Å²) in [5, 5.41) is 7.78. The Morgan fingerprint density at radius 1 is 1.29 bits per heavy atom. The molecule has 2 aromatic rings. The van der Waals surface area contributed by atoms with E-state index in [2.05, 4.69) is 42.5 Å².